The first-order chi connectivity index (χ1) is 31.7. The molecule has 0 saturated heterocycles. The molecule has 0 aliphatic carbocycles. The van der Waals surface area contributed by atoms with E-state index in [9.17, 15) is 0 Å². The normalized spacial score (nSPS) is 11.8. The van der Waals surface area contributed by atoms with Gasteiger partial charge in [-0.2, -0.15) is 0 Å². The smallest absolute Gasteiger partial charge is 0.179 e. The van der Waals surface area contributed by atoms with E-state index in [1.165, 1.54) is 48.1 Å². The van der Waals surface area contributed by atoms with Crippen LogP contribution >= 0.6 is 0 Å². The van der Waals surface area contributed by atoms with Gasteiger partial charge in [0, 0.05) is 50.4 Å². The summed E-state index contributed by atoms with van der Waals surface area (Å²) in [6.07, 6.45) is 0. The van der Waals surface area contributed by atoms with Gasteiger partial charge in [-0.1, -0.05) is 182 Å². The molecule has 2 aromatic heterocycles. The van der Waals surface area contributed by atoms with Gasteiger partial charge in [0.15, 0.2) is 8.07 Å². The maximum atomic E-state index is 6.46. The summed E-state index contributed by atoms with van der Waals surface area (Å²) in [5.41, 5.74) is 10.8. The third-order valence-corrected chi connectivity index (χ3v) is 17.8. The summed E-state index contributed by atoms with van der Waals surface area (Å²) < 4.78 is 8.83. The molecule has 0 aliphatic rings. The summed E-state index contributed by atoms with van der Waals surface area (Å²) in [4.78, 5) is 2.35. The SMILES string of the molecule is c1ccc([Si](c2ccccc2)(c2ccccc2)c2ccc(N(c3ccc(-c4ccc(-n5c6ccccc6c6ccccc65)cc4)cc3)c3ccc4c(c3)oc3ccccc34)cc2)cc1. The van der Waals surface area contributed by atoms with Crippen molar-refractivity contribution < 1.29 is 4.42 Å². The third kappa shape index (κ3) is 6.18. The summed E-state index contributed by atoms with van der Waals surface area (Å²) in [7, 11) is -2.70. The number of para-hydroxylation sites is 3. The first kappa shape index (κ1) is 37.6. The van der Waals surface area contributed by atoms with Crippen LogP contribution in [0.4, 0.5) is 17.1 Å². The molecule has 3 nitrogen and oxygen atoms in total. The van der Waals surface area contributed by atoms with Gasteiger partial charge in [0.25, 0.3) is 0 Å². The van der Waals surface area contributed by atoms with Crippen LogP contribution in [0.2, 0.25) is 0 Å². The molecule has 0 fully saturated rings. The van der Waals surface area contributed by atoms with E-state index in [0.717, 1.165) is 50.3 Å². The lowest BCUT2D eigenvalue weighted by atomic mass is 10.0. The van der Waals surface area contributed by atoms with Crippen LogP contribution in [0.3, 0.4) is 0 Å². The molecule has 0 saturated carbocycles. The van der Waals surface area contributed by atoms with Crippen molar-refractivity contribution in [3.63, 3.8) is 0 Å². The van der Waals surface area contributed by atoms with Crippen LogP contribution in [0.1, 0.15) is 0 Å². The standard InChI is InChI=1S/C60H42N2OSi/c1-4-16-49(17-5-1)64(50-18-6-2-7-19-50,51-20-8-3-9-21-51)52-39-36-46(37-40-52)61(48-38-41-56-55-24-12-15-27-59(55)63-60(56)42-48)45-32-28-43(29-33-45)44-30-34-47(35-31-44)62-57-25-13-10-22-53(57)54-23-11-14-26-58(54)62/h1-42H. The molecule has 4 heteroatoms. The topological polar surface area (TPSA) is 21.3 Å². The molecular weight excluding hydrogens is 793 g/mol. The van der Waals surface area contributed by atoms with Gasteiger partial charge in [-0.15, -0.1) is 0 Å². The summed E-state index contributed by atoms with van der Waals surface area (Å²) in [5.74, 6) is 0. The molecule has 64 heavy (non-hydrogen) atoms. The number of fused-ring (bicyclic) bond motifs is 6. The molecule has 10 aromatic carbocycles. The van der Waals surface area contributed by atoms with Crippen molar-refractivity contribution in [2.75, 3.05) is 4.90 Å². The second-order valence-corrected chi connectivity index (χ2v) is 20.3. The number of rotatable bonds is 9. The van der Waals surface area contributed by atoms with Crippen LogP contribution < -0.4 is 25.6 Å². The van der Waals surface area contributed by atoms with Crippen molar-refractivity contribution >= 4 is 89.6 Å². The Hall–Kier alpha value is -8.18. The number of hydrogen-bond acceptors (Lipinski definition) is 2. The zero-order valence-corrected chi connectivity index (χ0v) is 36.1. The van der Waals surface area contributed by atoms with Gasteiger partial charge in [-0.3, -0.25) is 0 Å². The Balaban J connectivity index is 0.961. The number of furan rings is 1. The molecule has 2 heterocycles. The van der Waals surface area contributed by atoms with Crippen LogP contribution in [0, 0.1) is 0 Å². The quantitative estimate of drug-likeness (QED) is 0.107. The fraction of sp³-hybridized carbons (Fsp3) is 0. The molecule has 0 radical (unpaired) electrons. The van der Waals surface area contributed by atoms with Gasteiger partial charge in [-0.25, -0.2) is 0 Å². The molecule has 302 valence electrons. The summed E-state index contributed by atoms with van der Waals surface area (Å²) in [5, 5.41) is 10.1. The average Bonchev–Trinajstić information content (AvgIpc) is 3.92. The second kappa shape index (κ2) is 15.6. The minimum Gasteiger partial charge on any atom is -0.456 e. The highest BCUT2D eigenvalue weighted by Crippen LogP contribution is 2.39. The predicted octanol–water partition coefficient (Wildman–Crippen LogP) is 13.2. The Kier molecular flexibility index (Phi) is 9.17. The highest BCUT2D eigenvalue weighted by atomic mass is 28.3. The molecule has 12 aromatic rings. The Morgan fingerprint density at radius 2 is 0.719 bits per heavy atom. The number of hydrogen-bond donors (Lipinski definition) is 0. The molecule has 0 spiro atoms. The van der Waals surface area contributed by atoms with E-state index < -0.39 is 8.07 Å². The van der Waals surface area contributed by atoms with Crippen LogP contribution in [-0.4, -0.2) is 12.6 Å². The summed E-state index contributed by atoms with van der Waals surface area (Å²) >= 11 is 0. The van der Waals surface area contributed by atoms with Gasteiger partial charge in [-0.05, 0) is 98.6 Å². The largest absolute Gasteiger partial charge is 0.456 e. The molecular formula is C60H42N2OSi. The first-order valence-corrected chi connectivity index (χ1v) is 23.9. The molecule has 0 N–H and O–H groups in total. The predicted molar refractivity (Wildman–Crippen MR) is 272 cm³/mol. The van der Waals surface area contributed by atoms with E-state index in [-0.39, 0.29) is 0 Å². The first-order valence-electron chi connectivity index (χ1n) is 21.9. The van der Waals surface area contributed by atoms with E-state index in [1.807, 2.05) is 12.1 Å². The zero-order chi connectivity index (χ0) is 42.5. The van der Waals surface area contributed by atoms with E-state index >= 15 is 0 Å². The third-order valence-electron chi connectivity index (χ3n) is 13.0. The fourth-order valence-electron chi connectivity index (χ4n) is 10.0. The lowest BCUT2D eigenvalue weighted by Gasteiger charge is -2.35. The summed E-state index contributed by atoms with van der Waals surface area (Å²) in [6.45, 7) is 0. The highest BCUT2D eigenvalue weighted by molar-refractivity contribution is 7.19. The van der Waals surface area contributed by atoms with Gasteiger partial charge in [0.2, 0.25) is 0 Å². The number of aromatic nitrogens is 1. The van der Waals surface area contributed by atoms with E-state index in [1.54, 1.807) is 0 Å². The van der Waals surface area contributed by atoms with Crippen LogP contribution in [-0.2, 0) is 0 Å². The lowest BCUT2D eigenvalue weighted by Crippen LogP contribution is -2.74. The van der Waals surface area contributed by atoms with Gasteiger partial charge in [0.1, 0.15) is 11.2 Å². The Morgan fingerprint density at radius 3 is 1.27 bits per heavy atom. The van der Waals surface area contributed by atoms with Crippen LogP contribution in [0.5, 0.6) is 0 Å². The zero-order valence-electron chi connectivity index (χ0n) is 35.1. The fourth-order valence-corrected chi connectivity index (χ4v) is 14.8. The number of anilines is 3. The average molecular weight is 835 g/mol. The van der Waals surface area contributed by atoms with E-state index in [4.69, 9.17) is 4.42 Å². The van der Waals surface area contributed by atoms with Crippen molar-refractivity contribution in [3.8, 4) is 16.8 Å². The maximum Gasteiger partial charge on any atom is 0.179 e. The number of nitrogens with zero attached hydrogens (tertiary/aromatic N) is 2. The number of benzene rings is 10. The molecule has 0 amide bonds. The second-order valence-electron chi connectivity index (χ2n) is 16.5. The van der Waals surface area contributed by atoms with Crippen molar-refractivity contribution in [3.05, 3.63) is 255 Å². The van der Waals surface area contributed by atoms with Gasteiger partial charge < -0.3 is 13.9 Å². The minimum atomic E-state index is -2.70. The van der Waals surface area contributed by atoms with E-state index in [2.05, 4.69) is 252 Å². The van der Waals surface area contributed by atoms with Crippen molar-refractivity contribution in [1.82, 2.24) is 4.57 Å². The molecule has 12 rings (SSSR count). The van der Waals surface area contributed by atoms with Gasteiger partial charge in [0.05, 0.1) is 11.0 Å². The molecule has 0 atom stereocenters. The molecule has 0 unspecified atom stereocenters. The summed E-state index contributed by atoms with van der Waals surface area (Å²) in [6, 6.07) is 92.8. The van der Waals surface area contributed by atoms with Crippen molar-refractivity contribution in [1.29, 1.82) is 0 Å². The highest BCUT2D eigenvalue weighted by Gasteiger charge is 2.41. The molecule has 0 bridgehead atoms. The van der Waals surface area contributed by atoms with Gasteiger partial charge >= 0.3 is 0 Å². The monoisotopic (exact) mass is 834 g/mol. The lowest BCUT2D eigenvalue weighted by molar-refractivity contribution is 0.669. The Morgan fingerprint density at radius 1 is 0.312 bits per heavy atom. The van der Waals surface area contributed by atoms with Crippen molar-refractivity contribution in [2.24, 2.45) is 0 Å². The minimum absolute atomic E-state index is 0.865. The molecule has 0 aliphatic heterocycles. The van der Waals surface area contributed by atoms with Crippen LogP contribution in [0.15, 0.2) is 259 Å². The Labute approximate surface area is 373 Å². The van der Waals surface area contributed by atoms with Crippen molar-refractivity contribution in [2.45, 2.75) is 0 Å². The van der Waals surface area contributed by atoms with E-state index in [0.29, 0.717) is 0 Å². The maximum absolute atomic E-state index is 6.46. The van der Waals surface area contributed by atoms with Crippen LogP contribution in [0.25, 0.3) is 60.6 Å². The Bertz CT molecular complexity index is 3430.